The molecule has 1 atom stereocenters. The fraction of sp³-hybridized carbons (Fsp3) is 0.214. The van der Waals surface area contributed by atoms with Crippen molar-refractivity contribution in [2.24, 2.45) is 0 Å². The SMILES string of the molecule is CSc1ncc(Cl)c(C(=O)N[C@@H](CO)c2ccccc2)n1. The molecule has 0 aliphatic heterocycles. The van der Waals surface area contributed by atoms with Gasteiger partial charge < -0.3 is 10.4 Å². The number of halogens is 1. The lowest BCUT2D eigenvalue weighted by molar-refractivity contribution is 0.0910. The standard InChI is InChI=1S/C14H14ClN3O2S/c1-21-14-16-7-10(15)12(18-14)13(20)17-11(8-19)9-5-3-2-4-6-9/h2-7,11,19H,8H2,1H3,(H,17,20)/t11-/m0/s1. The monoisotopic (exact) mass is 323 g/mol. The molecule has 0 unspecified atom stereocenters. The van der Waals surface area contributed by atoms with Crippen molar-refractivity contribution in [1.29, 1.82) is 0 Å². The summed E-state index contributed by atoms with van der Waals surface area (Å²) in [4.78, 5) is 20.4. The Morgan fingerprint density at radius 2 is 2.14 bits per heavy atom. The van der Waals surface area contributed by atoms with Crippen molar-refractivity contribution < 1.29 is 9.90 Å². The number of hydrogen-bond donors (Lipinski definition) is 2. The summed E-state index contributed by atoms with van der Waals surface area (Å²) in [5.74, 6) is -0.444. The number of rotatable bonds is 5. The van der Waals surface area contributed by atoms with Gasteiger partial charge in [-0.1, -0.05) is 53.7 Å². The van der Waals surface area contributed by atoms with Crippen LogP contribution in [0.5, 0.6) is 0 Å². The highest BCUT2D eigenvalue weighted by atomic mass is 35.5. The molecule has 1 aromatic carbocycles. The highest BCUT2D eigenvalue weighted by Crippen LogP contribution is 2.18. The van der Waals surface area contributed by atoms with E-state index in [2.05, 4.69) is 15.3 Å². The van der Waals surface area contributed by atoms with E-state index in [0.29, 0.717) is 5.16 Å². The smallest absolute Gasteiger partial charge is 0.272 e. The summed E-state index contributed by atoms with van der Waals surface area (Å²) in [7, 11) is 0. The third-order valence-electron chi connectivity index (χ3n) is 2.81. The second-order valence-electron chi connectivity index (χ2n) is 4.17. The molecular formula is C14H14ClN3O2S. The van der Waals surface area contributed by atoms with Crippen molar-refractivity contribution in [3.05, 3.63) is 52.8 Å². The van der Waals surface area contributed by atoms with Gasteiger partial charge in [0.2, 0.25) is 0 Å². The third-order valence-corrected chi connectivity index (χ3v) is 3.65. The fourth-order valence-corrected chi connectivity index (χ4v) is 2.27. The van der Waals surface area contributed by atoms with Crippen LogP contribution in [0.2, 0.25) is 5.02 Å². The number of aliphatic hydroxyl groups excluding tert-OH is 1. The molecule has 0 radical (unpaired) electrons. The molecule has 110 valence electrons. The Morgan fingerprint density at radius 3 is 2.76 bits per heavy atom. The van der Waals surface area contributed by atoms with Crippen molar-refractivity contribution >= 4 is 29.3 Å². The van der Waals surface area contributed by atoms with Crippen LogP contribution in [0.1, 0.15) is 22.1 Å². The predicted molar refractivity (Wildman–Crippen MR) is 82.6 cm³/mol. The molecule has 1 aromatic heterocycles. The summed E-state index contributed by atoms with van der Waals surface area (Å²) in [6.07, 6.45) is 3.21. The van der Waals surface area contributed by atoms with Crippen LogP contribution in [0.3, 0.4) is 0 Å². The van der Waals surface area contributed by atoms with Gasteiger partial charge in [-0.2, -0.15) is 0 Å². The molecule has 7 heteroatoms. The molecule has 0 fully saturated rings. The van der Waals surface area contributed by atoms with Crippen molar-refractivity contribution in [1.82, 2.24) is 15.3 Å². The minimum Gasteiger partial charge on any atom is -0.394 e. The van der Waals surface area contributed by atoms with E-state index >= 15 is 0 Å². The maximum Gasteiger partial charge on any atom is 0.272 e. The van der Waals surface area contributed by atoms with Crippen LogP contribution < -0.4 is 5.32 Å². The summed E-state index contributed by atoms with van der Waals surface area (Å²) in [5, 5.41) is 12.8. The first-order chi connectivity index (χ1) is 10.2. The summed E-state index contributed by atoms with van der Waals surface area (Å²) >= 11 is 7.28. The van der Waals surface area contributed by atoms with Crippen LogP contribution in [0.4, 0.5) is 0 Å². The number of carbonyl (C=O) groups excluding carboxylic acids is 1. The van der Waals surface area contributed by atoms with Crippen LogP contribution >= 0.6 is 23.4 Å². The first-order valence-electron chi connectivity index (χ1n) is 6.19. The van der Waals surface area contributed by atoms with Gasteiger partial charge in [0, 0.05) is 0 Å². The number of thioether (sulfide) groups is 1. The average molecular weight is 324 g/mol. The van der Waals surface area contributed by atoms with E-state index < -0.39 is 11.9 Å². The number of nitrogens with one attached hydrogen (secondary N) is 1. The molecular weight excluding hydrogens is 310 g/mol. The molecule has 2 aromatic rings. The van der Waals surface area contributed by atoms with Crippen LogP contribution in [-0.4, -0.2) is 33.8 Å². The van der Waals surface area contributed by atoms with E-state index in [0.717, 1.165) is 5.56 Å². The fourth-order valence-electron chi connectivity index (χ4n) is 1.75. The van der Waals surface area contributed by atoms with E-state index in [4.69, 9.17) is 11.6 Å². The maximum absolute atomic E-state index is 12.3. The first-order valence-corrected chi connectivity index (χ1v) is 7.79. The van der Waals surface area contributed by atoms with Crippen molar-refractivity contribution in [2.45, 2.75) is 11.2 Å². The molecule has 1 heterocycles. The normalized spacial score (nSPS) is 12.0. The van der Waals surface area contributed by atoms with Gasteiger partial charge in [-0.3, -0.25) is 4.79 Å². The van der Waals surface area contributed by atoms with Gasteiger partial charge in [0.15, 0.2) is 10.9 Å². The van der Waals surface area contributed by atoms with Crippen molar-refractivity contribution in [3.8, 4) is 0 Å². The molecule has 0 bridgehead atoms. The average Bonchev–Trinajstić information content (AvgIpc) is 2.53. The molecule has 0 saturated heterocycles. The number of nitrogens with zero attached hydrogens (tertiary/aromatic N) is 2. The number of aromatic nitrogens is 2. The van der Waals surface area contributed by atoms with E-state index in [1.54, 1.807) is 0 Å². The largest absolute Gasteiger partial charge is 0.394 e. The highest BCUT2D eigenvalue weighted by Gasteiger charge is 2.19. The number of hydrogen-bond acceptors (Lipinski definition) is 5. The van der Waals surface area contributed by atoms with Gasteiger partial charge in [-0.05, 0) is 11.8 Å². The van der Waals surface area contributed by atoms with Gasteiger partial charge in [-0.15, -0.1) is 0 Å². The Kier molecular flexibility index (Phi) is 5.55. The van der Waals surface area contributed by atoms with Crippen molar-refractivity contribution in [2.75, 3.05) is 12.9 Å². The van der Waals surface area contributed by atoms with Crippen LogP contribution in [0, 0.1) is 0 Å². The summed E-state index contributed by atoms with van der Waals surface area (Å²) in [6.45, 7) is -0.214. The topological polar surface area (TPSA) is 75.1 Å². The highest BCUT2D eigenvalue weighted by molar-refractivity contribution is 7.98. The van der Waals surface area contributed by atoms with E-state index in [1.807, 2.05) is 36.6 Å². The summed E-state index contributed by atoms with van der Waals surface area (Å²) < 4.78 is 0. The zero-order valence-electron chi connectivity index (χ0n) is 11.3. The Balaban J connectivity index is 2.20. The van der Waals surface area contributed by atoms with E-state index in [1.165, 1.54) is 18.0 Å². The summed E-state index contributed by atoms with van der Waals surface area (Å²) in [6, 6.07) is 8.70. The van der Waals surface area contributed by atoms with Gasteiger partial charge in [0.25, 0.3) is 5.91 Å². The quantitative estimate of drug-likeness (QED) is 0.652. The Labute approximate surface area is 131 Å². The van der Waals surface area contributed by atoms with Gasteiger partial charge in [0.1, 0.15) is 0 Å². The molecule has 5 nitrogen and oxygen atoms in total. The lowest BCUT2D eigenvalue weighted by Crippen LogP contribution is -2.31. The zero-order valence-corrected chi connectivity index (χ0v) is 12.9. The van der Waals surface area contributed by atoms with E-state index in [9.17, 15) is 9.90 Å². The minimum absolute atomic E-state index is 0.102. The molecule has 2 N–H and O–H groups in total. The molecule has 0 saturated carbocycles. The van der Waals surface area contributed by atoms with Gasteiger partial charge >= 0.3 is 0 Å². The number of aliphatic hydroxyl groups is 1. The summed E-state index contributed by atoms with van der Waals surface area (Å²) in [5.41, 5.74) is 0.911. The van der Waals surface area contributed by atoms with Gasteiger partial charge in [-0.25, -0.2) is 9.97 Å². The third kappa shape index (κ3) is 3.93. The second kappa shape index (κ2) is 7.40. The second-order valence-corrected chi connectivity index (χ2v) is 5.35. The van der Waals surface area contributed by atoms with E-state index in [-0.39, 0.29) is 17.3 Å². The lowest BCUT2D eigenvalue weighted by Gasteiger charge is -2.16. The molecule has 2 rings (SSSR count). The number of amides is 1. The Bertz CT molecular complexity index is 625. The van der Waals surface area contributed by atoms with Crippen LogP contribution in [0.25, 0.3) is 0 Å². The van der Waals surface area contributed by atoms with Crippen molar-refractivity contribution in [3.63, 3.8) is 0 Å². The maximum atomic E-state index is 12.3. The predicted octanol–water partition coefficient (Wildman–Crippen LogP) is 2.32. The molecule has 0 aliphatic carbocycles. The Morgan fingerprint density at radius 1 is 1.43 bits per heavy atom. The number of carbonyl (C=O) groups is 1. The van der Waals surface area contributed by atoms with Crippen LogP contribution in [0.15, 0.2) is 41.7 Å². The number of benzene rings is 1. The molecule has 0 aliphatic rings. The molecule has 0 spiro atoms. The molecule has 1 amide bonds. The van der Waals surface area contributed by atoms with Gasteiger partial charge in [0.05, 0.1) is 23.9 Å². The zero-order chi connectivity index (χ0) is 15.2. The lowest BCUT2D eigenvalue weighted by atomic mass is 10.1. The Hall–Kier alpha value is -1.63. The van der Waals surface area contributed by atoms with Crippen LogP contribution in [-0.2, 0) is 0 Å². The molecule has 21 heavy (non-hydrogen) atoms. The minimum atomic E-state index is -0.512. The first kappa shape index (κ1) is 15.8.